The summed E-state index contributed by atoms with van der Waals surface area (Å²) in [5.74, 6) is -2.50. The molecule has 108 valence electrons. The van der Waals surface area contributed by atoms with E-state index < -0.39 is 28.1 Å². The van der Waals surface area contributed by atoms with E-state index in [0.29, 0.717) is 0 Å². The monoisotopic (exact) mass is 355 g/mol. The largest absolute Gasteiger partial charge is 0.478 e. The molecule has 0 atom stereocenters. The first-order chi connectivity index (χ1) is 9.90. The highest BCUT2D eigenvalue weighted by Crippen LogP contribution is 2.37. The summed E-state index contributed by atoms with van der Waals surface area (Å²) < 4.78 is 19.1. The maximum absolute atomic E-state index is 13.7. The fourth-order valence-corrected chi connectivity index (χ4v) is 2.03. The van der Waals surface area contributed by atoms with Crippen molar-refractivity contribution in [2.45, 2.75) is 0 Å². The number of nitrogens with zero attached hydrogens (tertiary/aromatic N) is 1. The third-order valence-corrected chi connectivity index (χ3v) is 3.15. The van der Waals surface area contributed by atoms with E-state index in [1.165, 1.54) is 24.3 Å². The summed E-state index contributed by atoms with van der Waals surface area (Å²) in [6.07, 6.45) is 0. The molecular weight excluding hydrogens is 349 g/mol. The van der Waals surface area contributed by atoms with Crippen molar-refractivity contribution in [3.8, 4) is 11.5 Å². The van der Waals surface area contributed by atoms with Crippen molar-refractivity contribution in [3.05, 3.63) is 62.4 Å². The average Bonchev–Trinajstić information content (AvgIpc) is 2.42. The predicted molar refractivity (Wildman–Crippen MR) is 74.2 cm³/mol. The molecule has 0 bridgehead atoms. The Morgan fingerprint density at radius 1 is 1.33 bits per heavy atom. The predicted octanol–water partition coefficient (Wildman–Crippen LogP) is 3.99. The Morgan fingerprint density at radius 2 is 2.05 bits per heavy atom. The second-order valence-electron chi connectivity index (χ2n) is 3.90. The number of benzene rings is 2. The van der Waals surface area contributed by atoms with Crippen molar-refractivity contribution in [1.82, 2.24) is 0 Å². The minimum absolute atomic E-state index is 0.00254. The number of nitro benzene ring substituents is 1. The highest BCUT2D eigenvalue weighted by molar-refractivity contribution is 9.10. The minimum Gasteiger partial charge on any atom is -0.478 e. The second-order valence-corrected chi connectivity index (χ2v) is 4.75. The summed E-state index contributed by atoms with van der Waals surface area (Å²) in [6.45, 7) is 0. The van der Waals surface area contributed by atoms with E-state index in [1.807, 2.05) is 0 Å². The van der Waals surface area contributed by atoms with Gasteiger partial charge < -0.3 is 9.84 Å². The fraction of sp³-hybridized carbons (Fsp3) is 0. The average molecular weight is 356 g/mol. The lowest BCUT2D eigenvalue weighted by Crippen LogP contribution is -1.99. The molecule has 8 heteroatoms. The van der Waals surface area contributed by atoms with Crippen LogP contribution in [-0.2, 0) is 0 Å². The topological polar surface area (TPSA) is 89.7 Å². The summed E-state index contributed by atoms with van der Waals surface area (Å²) >= 11 is 3.08. The molecule has 0 aromatic heterocycles. The first kappa shape index (κ1) is 14.9. The van der Waals surface area contributed by atoms with Crippen LogP contribution in [0.25, 0.3) is 0 Å². The zero-order valence-electron chi connectivity index (χ0n) is 10.2. The van der Waals surface area contributed by atoms with Crippen LogP contribution in [0.5, 0.6) is 11.5 Å². The van der Waals surface area contributed by atoms with Crippen LogP contribution in [0, 0.1) is 15.9 Å². The molecule has 0 saturated heterocycles. The van der Waals surface area contributed by atoms with E-state index in [9.17, 15) is 19.3 Å². The lowest BCUT2D eigenvalue weighted by molar-refractivity contribution is -0.385. The number of hydrogen-bond donors (Lipinski definition) is 1. The highest BCUT2D eigenvalue weighted by atomic mass is 79.9. The second kappa shape index (κ2) is 5.88. The van der Waals surface area contributed by atoms with Crippen LogP contribution in [-0.4, -0.2) is 16.0 Å². The molecule has 0 unspecified atom stereocenters. The van der Waals surface area contributed by atoms with Crippen molar-refractivity contribution in [1.29, 1.82) is 0 Å². The molecule has 0 spiro atoms. The third kappa shape index (κ3) is 3.16. The summed E-state index contributed by atoms with van der Waals surface area (Å²) in [5, 5.41) is 19.7. The van der Waals surface area contributed by atoms with Gasteiger partial charge in [-0.05, 0) is 40.2 Å². The molecule has 0 amide bonds. The van der Waals surface area contributed by atoms with Crippen LogP contribution in [0.4, 0.5) is 10.1 Å². The van der Waals surface area contributed by atoms with Gasteiger partial charge in [-0.3, -0.25) is 10.1 Å². The van der Waals surface area contributed by atoms with Gasteiger partial charge in [-0.1, -0.05) is 6.07 Å². The number of rotatable bonds is 4. The van der Waals surface area contributed by atoms with E-state index in [2.05, 4.69) is 15.9 Å². The Hall–Kier alpha value is -2.48. The fourth-order valence-electron chi connectivity index (χ4n) is 1.57. The molecule has 0 heterocycles. The number of ether oxygens (including phenoxy) is 1. The quantitative estimate of drug-likeness (QED) is 0.661. The zero-order valence-corrected chi connectivity index (χ0v) is 11.8. The van der Waals surface area contributed by atoms with Crippen LogP contribution < -0.4 is 4.74 Å². The van der Waals surface area contributed by atoms with Gasteiger partial charge in [0.05, 0.1) is 15.0 Å². The van der Waals surface area contributed by atoms with E-state index >= 15 is 0 Å². The summed E-state index contributed by atoms with van der Waals surface area (Å²) in [6, 6.07) is 7.12. The van der Waals surface area contributed by atoms with Crippen LogP contribution in [0.2, 0.25) is 0 Å². The van der Waals surface area contributed by atoms with Crippen molar-refractivity contribution < 1.29 is 24.0 Å². The molecule has 2 rings (SSSR count). The Balaban J connectivity index is 2.44. The number of carboxylic acids is 1. The van der Waals surface area contributed by atoms with Gasteiger partial charge >= 0.3 is 11.7 Å². The van der Waals surface area contributed by atoms with Gasteiger partial charge in [-0.15, -0.1) is 0 Å². The van der Waals surface area contributed by atoms with Crippen LogP contribution >= 0.6 is 15.9 Å². The Kier molecular flexibility index (Phi) is 4.18. The first-order valence-corrected chi connectivity index (χ1v) is 6.33. The molecular formula is C13H7BrFNO5. The Labute approximate surface area is 126 Å². The van der Waals surface area contributed by atoms with Gasteiger partial charge in [0.15, 0.2) is 5.82 Å². The Bertz CT molecular complexity index is 734. The molecule has 2 aromatic rings. The highest BCUT2D eigenvalue weighted by Gasteiger charge is 2.21. The molecule has 21 heavy (non-hydrogen) atoms. The molecule has 0 saturated carbocycles. The van der Waals surface area contributed by atoms with Crippen molar-refractivity contribution in [3.63, 3.8) is 0 Å². The van der Waals surface area contributed by atoms with Crippen molar-refractivity contribution in [2.75, 3.05) is 0 Å². The SMILES string of the molecule is O=C(O)c1ccc(Oc2c(F)cccc2[N+](=O)[O-])c(Br)c1. The molecule has 0 radical (unpaired) electrons. The number of carboxylic acid groups (broad SMARTS) is 1. The normalized spacial score (nSPS) is 10.2. The van der Waals surface area contributed by atoms with Gasteiger partial charge in [-0.2, -0.15) is 0 Å². The molecule has 0 aliphatic rings. The first-order valence-electron chi connectivity index (χ1n) is 5.53. The molecule has 6 nitrogen and oxygen atoms in total. The van der Waals surface area contributed by atoms with Crippen LogP contribution in [0.3, 0.4) is 0 Å². The van der Waals surface area contributed by atoms with Crippen molar-refractivity contribution in [2.24, 2.45) is 0 Å². The smallest absolute Gasteiger partial charge is 0.335 e. The lowest BCUT2D eigenvalue weighted by Gasteiger charge is -2.09. The number of carbonyl (C=O) groups is 1. The molecule has 0 aliphatic carbocycles. The van der Waals surface area contributed by atoms with E-state index in [0.717, 1.165) is 12.1 Å². The standard InChI is InChI=1S/C13H7BrFNO5/c14-8-6-7(13(17)18)4-5-11(8)21-12-9(15)2-1-3-10(12)16(19)20/h1-6H,(H,17,18). The number of para-hydroxylation sites is 1. The van der Waals surface area contributed by atoms with Gasteiger partial charge in [0.2, 0.25) is 5.75 Å². The van der Waals surface area contributed by atoms with Crippen LogP contribution in [0.1, 0.15) is 10.4 Å². The van der Waals surface area contributed by atoms with E-state index in [-0.39, 0.29) is 15.8 Å². The van der Waals surface area contributed by atoms with Gasteiger partial charge in [0.25, 0.3) is 0 Å². The Morgan fingerprint density at radius 3 is 2.62 bits per heavy atom. The lowest BCUT2D eigenvalue weighted by atomic mass is 10.2. The van der Waals surface area contributed by atoms with E-state index in [1.54, 1.807) is 0 Å². The maximum atomic E-state index is 13.7. The zero-order chi connectivity index (χ0) is 15.6. The molecule has 1 N–H and O–H groups in total. The molecule has 0 aliphatic heterocycles. The summed E-state index contributed by atoms with van der Waals surface area (Å²) in [5.41, 5.74) is -0.526. The van der Waals surface area contributed by atoms with Gasteiger partial charge in [0.1, 0.15) is 5.75 Å². The van der Waals surface area contributed by atoms with Gasteiger partial charge in [0, 0.05) is 6.07 Å². The summed E-state index contributed by atoms with van der Waals surface area (Å²) in [4.78, 5) is 20.9. The molecule has 0 fully saturated rings. The number of nitro groups is 1. The van der Waals surface area contributed by atoms with Crippen molar-refractivity contribution >= 4 is 27.6 Å². The molecule has 2 aromatic carbocycles. The number of hydrogen-bond acceptors (Lipinski definition) is 4. The van der Waals surface area contributed by atoms with E-state index in [4.69, 9.17) is 9.84 Å². The number of aromatic carboxylic acids is 1. The summed E-state index contributed by atoms with van der Waals surface area (Å²) in [7, 11) is 0. The van der Waals surface area contributed by atoms with Gasteiger partial charge in [-0.25, -0.2) is 9.18 Å². The third-order valence-electron chi connectivity index (χ3n) is 2.53. The maximum Gasteiger partial charge on any atom is 0.335 e. The van der Waals surface area contributed by atoms with Crippen LogP contribution in [0.15, 0.2) is 40.9 Å². The minimum atomic E-state index is -1.14. The number of halogens is 2.